The molecule has 156 valence electrons. The fraction of sp³-hybridized carbons (Fsp3) is 0.222. The summed E-state index contributed by atoms with van der Waals surface area (Å²) in [6, 6.07) is 7.43. The Morgan fingerprint density at radius 2 is 1.48 bits per heavy atom. The lowest BCUT2D eigenvalue weighted by atomic mass is 9.81. The molecule has 0 saturated heterocycles. The van der Waals surface area contributed by atoms with Gasteiger partial charge in [-0.2, -0.15) is 17.2 Å². The molecule has 2 rings (SSSR count). The Morgan fingerprint density at radius 3 is 1.94 bits per heavy atom. The SMILES string of the molecule is [B]Cc1cc(C[B])c(C[B])c(C(=O)Oc2ccc(OC(=O)C(F)(F)S(=O)(=O)O)cc2)c1. The van der Waals surface area contributed by atoms with Crippen molar-refractivity contribution < 1.29 is 40.8 Å². The molecule has 7 nitrogen and oxygen atoms in total. The van der Waals surface area contributed by atoms with Crippen LogP contribution in [0.5, 0.6) is 11.5 Å². The maximum Gasteiger partial charge on any atom is 0.466 e. The normalized spacial score (nSPS) is 11.7. The van der Waals surface area contributed by atoms with E-state index in [1.165, 1.54) is 6.07 Å². The number of carbonyl (C=O) groups excluding carboxylic acids is 2. The van der Waals surface area contributed by atoms with Gasteiger partial charge in [0.2, 0.25) is 0 Å². The second-order valence-electron chi connectivity index (χ2n) is 6.14. The highest BCUT2D eigenvalue weighted by Gasteiger charge is 2.54. The van der Waals surface area contributed by atoms with E-state index in [1.54, 1.807) is 6.07 Å². The molecule has 1 N–H and O–H groups in total. The summed E-state index contributed by atoms with van der Waals surface area (Å²) in [6.07, 6.45) is 0.278. The van der Waals surface area contributed by atoms with Crippen molar-refractivity contribution in [1.29, 1.82) is 0 Å². The minimum atomic E-state index is -6.00. The standard InChI is InChI=1S/C18H13B3F2O7S/c19-7-10-5-11(8-20)15(9-21)14(6-10)16(24)29-12-1-3-13(4-2-12)30-17(25)18(22,23)31(26,27)28/h1-6H,7-9H2,(H,26,27,28). The fourth-order valence-electron chi connectivity index (χ4n) is 2.53. The third kappa shape index (κ3) is 5.53. The molecule has 0 saturated carbocycles. The highest BCUT2D eigenvalue weighted by molar-refractivity contribution is 7.87. The molecule has 2 aromatic rings. The predicted octanol–water partition coefficient (Wildman–Crippen LogP) is 1.30. The molecule has 0 atom stereocenters. The number of hydrogen-bond acceptors (Lipinski definition) is 6. The molecule has 0 unspecified atom stereocenters. The minimum absolute atomic E-state index is 0.0126. The van der Waals surface area contributed by atoms with Crippen LogP contribution < -0.4 is 9.47 Å². The number of benzene rings is 2. The lowest BCUT2D eigenvalue weighted by molar-refractivity contribution is -0.151. The van der Waals surface area contributed by atoms with Crippen LogP contribution in [0.1, 0.15) is 27.0 Å². The predicted molar refractivity (Wildman–Crippen MR) is 108 cm³/mol. The van der Waals surface area contributed by atoms with E-state index < -0.39 is 33.1 Å². The molecular weight excluding hydrogens is 431 g/mol. The summed E-state index contributed by atoms with van der Waals surface area (Å²) >= 11 is 0. The van der Waals surface area contributed by atoms with Crippen LogP contribution >= 0.6 is 0 Å². The third-order valence-corrected chi connectivity index (χ3v) is 4.90. The maximum absolute atomic E-state index is 13.2. The first-order valence-corrected chi connectivity index (χ1v) is 10.0. The number of rotatable bonds is 8. The van der Waals surface area contributed by atoms with Crippen molar-refractivity contribution >= 4 is 45.6 Å². The molecule has 0 aliphatic carbocycles. The van der Waals surface area contributed by atoms with E-state index >= 15 is 0 Å². The summed E-state index contributed by atoms with van der Waals surface area (Å²) in [7, 11) is 11.0. The second kappa shape index (κ2) is 9.65. The van der Waals surface area contributed by atoms with Gasteiger partial charge in [-0.1, -0.05) is 36.2 Å². The topological polar surface area (TPSA) is 107 Å². The van der Waals surface area contributed by atoms with E-state index in [0.717, 1.165) is 24.3 Å². The molecule has 0 bridgehead atoms. The number of ether oxygens (including phenoxy) is 2. The van der Waals surface area contributed by atoms with Crippen LogP contribution in [0.25, 0.3) is 0 Å². The summed E-state index contributed by atoms with van der Waals surface area (Å²) in [5.74, 6) is -3.80. The Labute approximate surface area is 181 Å². The van der Waals surface area contributed by atoms with Crippen LogP contribution in [0.4, 0.5) is 8.78 Å². The molecule has 0 aromatic heterocycles. The molecule has 0 spiro atoms. The van der Waals surface area contributed by atoms with Crippen molar-refractivity contribution in [3.05, 3.63) is 58.7 Å². The van der Waals surface area contributed by atoms with E-state index in [0.29, 0.717) is 16.7 Å². The van der Waals surface area contributed by atoms with Crippen molar-refractivity contribution in [1.82, 2.24) is 0 Å². The summed E-state index contributed by atoms with van der Waals surface area (Å²) in [5.41, 5.74) is 1.88. The quantitative estimate of drug-likeness (QED) is 0.283. The molecular formula is C18H13B3F2O7S. The van der Waals surface area contributed by atoms with Crippen LogP contribution in [0.2, 0.25) is 0 Å². The van der Waals surface area contributed by atoms with E-state index in [2.05, 4.69) is 4.74 Å². The van der Waals surface area contributed by atoms with Gasteiger partial charge in [0, 0.05) is 0 Å². The molecule has 6 radical (unpaired) electrons. The zero-order chi connectivity index (χ0) is 23.4. The molecule has 2 aromatic carbocycles. The summed E-state index contributed by atoms with van der Waals surface area (Å²) in [4.78, 5) is 23.9. The lowest BCUT2D eigenvalue weighted by Crippen LogP contribution is -2.40. The molecule has 0 amide bonds. The van der Waals surface area contributed by atoms with Crippen molar-refractivity contribution in [2.45, 2.75) is 24.2 Å². The van der Waals surface area contributed by atoms with Crippen LogP contribution in [0.3, 0.4) is 0 Å². The highest BCUT2D eigenvalue weighted by atomic mass is 32.2. The van der Waals surface area contributed by atoms with Crippen LogP contribution in [0, 0.1) is 0 Å². The zero-order valence-corrected chi connectivity index (χ0v) is 16.7. The van der Waals surface area contributed by atoms with E-state index in [-0.39, 0.29) is 30.3 Å². The number of esters is 2. The minimum Gasteiger partial charge on any atom is -0.423 e. The van der Waals surface area contributed by atoms with Gasteiger partial charge in [-0.3, -0.25) is 4.55 Å². The fourth-order valence-corrected chi connectivity index (χ4v) is 2.78. The van der Waals surface area contributed by atoms with Crippen LogP contribution in [-0.2, 0) is 33.9 Å². The first kappa shape index (κ1) is 24.6. The largest absolute Gasteiger partial charge is 0.466 e. The Balaban J connectivity index is 2.21. The number of hydrogen-bond donors (Lipinski definition) is 1. The molecule has 0 fully saturated rings. The number of alkyl halides is 2. The third-order valence-electron chi connectivity index (χ3n) is 4.09. The van der Waals surface area contributed by atoms with E-state index in [1.807, 2.05) is 0 Å². The van der Waals surface area contributed by atoms with Gasteiger partial charge in [0.1, 0.15) is 11.5 Å². The van der Waals surface area contributed by atoms with Gasteiger partial charge < -0.3 is 9.47 Å². The van der Waals surface area contributed by atoms with Crippen molar-refractivity contribution in [2.75, 3.05) is 0 Å². The molecule has 0 aliphatic rings. The van der Waals surface area contributed by atoms with Gasteiger partial charge in [-0.25, -0.2) is 9.59 Å². The van der Waals surface area contributed by atoms with Gasteiger partial charge in [-0.05, 0) is 35.9 Å². The van der Waals surface area contributed by atoms with Gasteiger partial charge in [0.05, 0.1) is 29.1 Å². The Hall–Kier alpha value is -2.66. The van der Waals surface area contributed by atoms with Crippen molar-refractivity contribution in [2.24, 2.45) is 0 Å². The van der Waals surface area contributed by atoms with Gasteiger partial charge in [0.15, 0.2) is 0 Å². The van der Waals surface area contributed by atoms with Gasteiger partial charge in [-0.15, -0.1) is 0 Å². The molecule has 13 heteroatoms. The highest BCUT2D eigenvalue weighted by Crippen LogP contribution is 2.26. The lowest BCUT2D eigenvalue weighted by Gasteiger charge is -2.15. The molecule has 0 aliphatic heterocycles. The zero-order valence-electron chi connectivity index (χ0n) is 15.9. The smallest absolute Gasteiger partial charge is 0.423 e. The summed E-state index contributed by atoms with van der Waals surface area (Å²) in [6.45, 7) is 0. The number of carbonyl (C=O) groups is 2. The van der Waals surface area contributed by atoms with Crippen LogP contribution in [-0.4, -0.2) is 53.7 Å². The van der Waals surface area contributed by atoms with Gasteiger partial charge in [0.25, 0.3) is 0 Å². The Morgan fingerprint density at radius 1 is 0.935 bits per heavy atom. The van der Waals surface area contributed by atoms with E-state index in [9.17, 15) is 26.8 Å². The molecule has 0 heterocycles. The van der Waals surface area contributed by atoms with Crippen LogP contribution in [0.15, 0.2) is 36.4 Å². The van der Waals surface area contributed by atoms with Gasteiger partial charge >= 0.3 is 27.3 Å². The summed E-state index contributed by atoms with van der Waals surface area (Å²) < 4.78 is 65.4. The average molecular weight is 444 g/mol. The first-order chi connectivity index (χ1) is 14.4. The Kier molecular flexibility index (Phi) is 7.66. The van der Waals surface area contributed by atoms with Crippen molar-refractivity contribution in [3.8, 4) is 11.5 Å². The van der Waals surface area contributed by atoms with E-state index in [4.69, 9.17) is 32.8 Å². The Bertz CT molecular complexity index is 1090. The summed E-state index contributed by atoms with van der Waals surface area (Å²) in [5, 5.41) is -5.15. The average Bonchev–Trinajstić information content (AvgIpc) is 2.72. The number of halogens is 2. The monoisotopic (exact) mass is 444 g/mol. The van der Waals surface area contributed by atoms with Crippen molar-refractivity contribution in [3.63, 3.8) is 0 Å². The second-order valence-corrected chi connectivity index (χ2v) is 7.60. The maximum atomic E-state index is 13.2. The molecule has 31 heavy (non-hydrogen) atoms. The first-order valence-electron chi connectivity index (χ1n) is 8.58.